The molecule has 0 radical (unpaired) electrons. The first kappa shape index (κ1) is 14.0. The van der Waals surface area contributed by atoms with Crippen LogP contribution in [0.4, 0.5) is 5.69 Å². The first-order chi connectivity index (χ1) is 8.04. The van der Waals surface area contributed by atoms with Crippen LogP contribution in [-0.4, -0.2) is 17.1 Å². The lowest BCUT2D eigenvalue weighted by Gasteiger charge is -2.09. The maximum atomic E-state index is 12.1. The number of benzene rings is 1. The molecule has 1 aromatic carbocycles. The van der Waals surface area contributed by atoms with Gasteiger partial charge in [-0.05, 0) is 30.5 Å². The summed E-state index contributed by atoms with van der Waals surface area (Å²) < 4.78 is 17.2. The van der Waals surface area contributed by atoms with Crippen LogP contribution in [0, 0.1) is 5.92 Å². The molecule has 0 saturated carbocycles. The summed E-state index contributed by atoms with van der Waals surface area (Å²) in [6.07, 6.45) is 2.05. The first-order valence-corrected chi connectivity index (χ1v) is 7.18. The highest BCUT2D eigenvalue weighted by Crippen LogP contribution is 2.23. The van der Waals surface area contributed by atoms with Crippen LogP contribution in [0.3, 0.4) is 0 Å². The van der Waals surface area contributed by atoms with E-state index in [0.29, 0.717) is 28.0 Å². The Labute approximate surface area is 106 Å². The van der Waals surface area contributed by atoms with E-state index in [0.717, 1.165) is 12.8 Å². The van der Waals surface area contributed by atoms with Gasteiger partial charge in [0.05, 0.1) is 22.8 Å². The van der Waals surface area contributed by atoms with Gasteiger partial charge in [0.15, 0.2) is 0 Å². The second kappa shape index (κ2) is 6.64. The van der Waals surface area contributed by atoms with E-state index in [4.69, 9.17) is 10.5 Å². The highest BCUT2D eigenvalue weighted by Gasteiger charge is 2.09. The Morgan fingerprint density at radius 1 is 1.41 bits per heavy atom. The molecule has 0 saturated heterocycles. The van der Waals surface area contributed by atoms with Crippen molar-refractivity contribution in [2.24, 2.45) is 5.92 Å². The molecule has 0 fully saturated rings. The molecule has 17 heavy (non-hydrogen) atoms. The van der Waals surface area contributed by atoms with Crippen molar-refractivity contribution in [3.63, 3.8) is 0 Å². The Balaban J connectivity index is 2.67. The monoisotopic (exact) mass is 255 g/mol. The normalized spacial score (nSPS) is 12.7. The number of methoxy groups -OCH3 is 1. The van der Waals surface area contributed by atoms with Crippen LogP contribution in [0.5, 0.6) is 5.75 Å². The van der Waals surface area contributed by atoms with E-state index >= 15 is 0 Å². The van der Waals surface area contributed by atoms with Gasteiger partial charge in [-0.3, -0.25) is 4.21 Å². The molecular weight excluding hydrogens is 234 g/mol. The molecule has 0 spiro atoms. The number of ether oxygens (including phenoxy) is 1. The largest absolute Gasteiger partial charge is 0.497 e. The zero-order valence-electron chi connectivity index (χ0n) is 10.7. The van der Waals surface area contributed by atoms with Crippen molar-refractivity contribution >= 4 is 16.5 Å². The Bertz CT molecular complexity index is 391. The van der Waals surface area contributed by atoms with Crippen molar-refractivity contribution in [3.05, 3.63) is 18.2 Å². The van der Waals surface area contributed by atoms with Crippen molar-refractivity contribution in [1.29, 1.82) is 0 Å². The predicted octanol–water partition coefficient (Wildman–Crippen LogP) is 2.82. The van der Waals surface area contributed by atoms with Crippen LogP contribution in [0.2, 0.25) is 0 Å². The van der Waals surface area contributed by atoms with Gasteiger partial charge in [0.2, 0.25) is 0 Å². The molecule has 0 aromatic heterocycles. The van der Waals surface area contributed by atoms with Gasteiger partial charge >= 0.3 is 0 Å². The lowest BCUT2D eigenvalue weighted by molar-refractivity contribution is 0.413. The number of hydrogen-bond donors (Lipinski definition) is 1. The summed E-state index contributed by atoms with van der Waals surface area (Å²) in [6.45, 7) is 4.34. The van der Waals surface area contributed by atoms with E-state index < -0.39 is 10.8 Å². The van der Waals surface area contributed by atoms with E-state index in [1.54, 1.807) is 25.3 Å². The molecule has 0 amide bonds. The second-order valence-corrected chi connectivity index (χ2v) is 6.03. The van der Waals surface area contributed by atoms with Crippen LogP contribution in [-0.2, 0) is 10.8 Å². The quantitative estimate of drug-likeness (QED) is 0.795. The fourth-order valence-electron chi connectivity index (χ4n) is 1.57. The average Bonchev–Trinajstić information content (AvgIpc) is 2.29. The van der Waals surface area contributed by atoms with Crippen molar-refractivity contribution in [2.75, 3.05) is 18.6 Å². The Hall–Kier alpha value is -1.03. The topological polar surface area (TPSA) is 52.3 Å². The highest BCUT2D eigenvalue weighted by molar-refractivity contribution is 7.85. The minimum atomic E-state index is -1.03. The number of rotatable bonds is 6. The van der Waals surface area contributed by atoms with Crippen molar-refractivity contribution in [1.82, 2.24) is 0 Å². The van der Waals surface area contributed by atoms with Crippen LogP contribution in [0.1, 0.15) is 26.7 Å². The van der Waals surface area contributed by atoms with E-state index in [2.05, 4.69) is 13.8 Å². The van der Waals surface area contributed by atoms with Gasteiger partial charge in [0.25, 0.3) is 0 Å². The zero-order valence-corrected chi connectivity index (χ0v) is 11.5. The molecule has 0 aliphatic heterocycles. The molecule has 96 valence electrons. The highest BCUT2D eigenvalue weighted by atomic mass is 32.2. The smallest absolute Gasteiger partial charge is 0.120 e. The summed E-state index contributed by atoms with van der Waals surface area (Å²) in [5, 5.41) is 0. The van der Waals surface area contributed by atoms with Crippen LogP contribution in [0.25, 0.3) is 0 Å². The standard InChI is InChI=1S/C13H21NO2S/c1-10(2)5-4-8-17(15)13-9-11(16-3)6-7-12(13)14/h6-7,9-10H,4-5,8,14H2,1-3H3. The summed E-state index contributed by atoms with van der Waals surface area (Å²) in [5.74, 6) is 2.01. The van der Waals surface area contributed by atoms with Gasteiger partial charge in [0.1, 0.15) is 5.75 Å². The van der Waals surface area contributed by atoms with Gasteiger partial charge in [-0.15, -0.1) is 0 Å². The molecule has 1 rings (SSSR count). The van der Waals surface area contributed by atoms with E-state index in [9.17, 15) is 4.21 Å². The summed E-state index contributed by atoms with van der Waals surface area (Å²) >= 11 is 0. The minimum Gasteiger partial charge on any atom is -0.497 e. The van der Waals surface area contributed by atoms with Gasteiger partial charge < -0.3 is 10.5 Å². The van der Waals surface area contributed by atoms with E-state index in [1.807, 2.05) is 0 Å². The molecule has 0 aliphatic carbocycles. The number of anilines is 1. The summed E-state index contributed by atoms with van der Waals surface area (Å²) in [7, 11) is 0.566. The molecule has 0 heterocycles. The molecule has 0 bridgehead atoms. The van der Waals surface area contributed by atoms with Gasteiger partial charge in [-0.1, -0.05) is 20.3 Å². The van der Waals surface area contributed by atoms with Crippen molar-refractivity contribution < 1.29 is 8.95 Å². The van der Waals surface area contributed by atoms with Gasteiger partial charge in [0, 0.05) is 11.4 Å². The maximum absolute atomic E-state index is 12.1. The summed E-state index contributed by atoms with van der Waals surface area (Å²) in [6, 6.07) is 5.29. The van der Waals surface area contributed by atoms with Gasteiger partial charge in [-0.2, -0.15) is 0 Å². The first-order valence-electron chi connectivity index (χ1n) is 5.86. The zero-order chi connectivity index (χ0) is 12.8. The average molecular weight is 255 g/mol. The minimum absolute atomic E-state index is 0.577. The number of nitrogens with two attached hydrogens (primary N) is 1. The molecule has 1 aromatic rings. The van der Waals surface area contributed by atoms with E-state index in [1.165, 1.54) is 0 Å². The fourth-order valence-corrected chi connectivity index (χ4v) is 2.80. The maximum Gasteiger partial charge on any atom is 0.120 e. The van der Waals surface area contributed by atoms with E-state index in [-0.39, 0.29) is 0 Å². The van der Waals surface area contributed by atoms with Crippen molar-refractivity contribution in [3.8, 4) is 5.75 Å². The molecule has 1 unspecified atom stereocenters. The van der Waals surface area contributed by atoms with Crippen molar-refractivity contribution in [2.45, 2.75) is 31.6 Å². The third-order valence-corrected chi connectivity index (χ3v) is 4.08. The predicted molar refractivity (Wildman–Crippen MR) is 72.8 cm³/mol. The second-order valence-electron chi connectivity index (χ2n) is 4.49. The third-order valence-electron chi connectivity index (χ3n) is 2.58. The summed E-state index contributed by atoms with van der Waals surface area (Å²) in [5.41, 5.74) is 6.41. The molecule has 1 atom stereocenters. The van der Waals surface area contributed by atoms with Crippen LogP contribution >= 0.6 is 0 Å². The SMILES string of the molecule is COc1ccc(N)c(S(=O)CCCC(C)C)c1. The molecule has 0 aliphatic rings. The molecular formula is C13H21NO2S. The number of nitrogen functional groups attached to an aromatic ring is 1. The number of hydrogen-bond acceptors (Lipinski definition) is 3. The molecule has 3 nitrogen and oxygen atoms in total. The van der Waals surface area contributed by atoms with Gasteiger partial charge in [-0.25, -0.2) is 0 Å². The molecule has 4 heteroatoms. The lowest BCUT2D eigenvalue weighted by Crippen LogP contribution is -2.03. The fraction of sp³-hybridized carbons (Fsp3) is 0.538. The Kier molecular flexibility index (Phi) is 5.48. The van der Waals surface area contributed by atoms with Crippen LogP contribution < -0.4 is 10.5 Å². The Morgan fingerprint density at radius 2 is 2.12 bits per heavy atom. The molecule has 2 N–H and O–H groups in total. The Morgan fingerprint density at radius 3 is 2.71 bits per heavy atom. The summed E-state index contributed by atoms with van der Waals surface area (Å²) in [4.78, 5) is 0.688. The van der Waals surface area contributed by atoms with Crippen LogP contribution in [0.15, 0.2) is 23.1 Å². The lowest BCUT2D eigenvalue weighted by atomic mass is 10.1. The third kappa shape index (κ3) is 4.38.